The molecule has 0 aliphatic carbocycles. The maximum Gasteiger partial charge on any atom is 0.386 e. The van der Waals surface area contributed by atoms with Crippen LogP contribution in [0.15, 0.2) is 101 Å². The summed E-state index contributed by atoms with van der Waals surface area (Å²) in [4.78, 5) is 133. The molecule has 51 nitrogen and oxygen atoms in total. The molecule has 6 unspecified atom stereocenters. The van der Waals surface area contributed by atoms with Gasteiger partial charge in [0, 0.05) is 88.5 Å². The molecule has 0 amide bonds. The molecule has 9 aliphatic heterocycles. The fraction of sp³-hybridized carbons (Fsp3) is 0.462. The first-order chi connectivity index (χ1) is 62.7. The van der Waals surface area contributed by atoms with Gasteiger partial charge in [0.2, 0.25) is 17.8 Å². The zero-order chi connectivity index (χ0) is 92.9. The number of pyridine rings is 3. The van der Waals surface area contributed by atoms with Gasteiger partial charge in [-0.25, -0.2) is 42.7 Å². The third kappa shape index (κ3) is 18.9. The number of nitrogens with zero attached hydrogens (tertiary/aromatic N) is 16. The fourth-order valence-corrected chi connectivity index (χ4v) is 26.7. The molecule has 9 aliphatic rings. The van der Waals surface area contributed by atoms with Crippen molar-refractivity contribution in [1.29, 1.82) is 0 Å². The minimum atomic E-state index is -4.33. The number of thiol groups is 1. The smallest absolute Gasteiger partial charge is 0.386 e. The van der Waals surface area contributed by atoms with Crippen LogP contribution in [0.4, 0.5) is 48.1 Å². The Balaban J connectivity index is 0.000000128. The number of ether oxygens (including phenoxy) is 5. The number of aromatic amines is 3. The number of hydrogen-bond acceptors (Lipinski definition) is 43. The van der Waals surface area contributed by atoms with Crippen LogP contribution in [0.5, 0.6) is 0 Å². The lowest BCUT2D eigenvalue weighted by molar-refractivity contribution is -0.0635. The minimum absolute atomic E-state index is 0.0207. The molecule has 0 saturated carbocycles. The maximum absolute atomic E-state index is 16.0. The van der Waals surface area contributed by atoms with Gasteiger partial charge < -0.3 is 132 Å². The molecule has 6 bridgehead atoms. The van der Waals surface area contributed by atoms with Gasteiger partial charge in [0.15, 0.2) is 76.9 Å². The summed E-state index contributed by atoms with van der Waals surface area (Å²) in [7, 11) is 0. The van der Waals surface area contributed by atoms with Gasteiger partial charge in [-0.05, 0) is 102 Å². The lowest BCUT2D eigenvalue weighted by atomic mass is 10.1. The SMILES string of the molecule is Nc1nc2c(ncn2[C@@H]2O[C@@H]3COP(O)(=S)O[C@H]4[C@H](F)[C@H](n5ccc6c(N)ccnc65)O[C@@H]4COP(O)(=S)O[C@@H]2[C@H]3F)c(=O)[nH]1.Nc1nc2c(ncn2[C@@H]2S[C@@H]3COP(=O)(S)O[C@H]4[C@H](F)[C@H](n5ccc6c(N)ccnc65)O[C@@H]4COP(O)(=S)O[C@@H]2C3)c(=O)[nH]1.Nc1nc2c(nnn2[C@@H]2O[C@@H]3COP(O)(=S)O[C@H]4C[C@H](n5ccc6c(N)ccnc65)O[C@@H]4COP(O)(=S)O[C@@H]2C3)c(=O)[nH]1. The highest BCUT2D eigenvalue weighted by Gasteiger charge is 2.57. The van der Waals surface area contributed by atoms with E-state index in [1.807, 2.05) is 6.07 Å². The molecule has 20 N–H and O–H groups in total. The molecule has 21 heterocycles. The molecular weight excluding hydrogens is 2010 g/mol. The first-order valence-electron chi connectivity index (χ1n) is 39.1. The summed E-state index contributed by atoms with van der Waals surface area (Å²) in [5.74, 6) is -0.526. The highest BCUT2D eigenvalue weighted by molar-refractivity contribution is 8.44. The van der Waals surface area contributed by atoms with E-state index in [-0.39, 0.29) is 90.4 Å². The van der Waals surface area contributed by atoms with E-state index in [0.717, 1.165) is 11.7 Å². The largest absolute Gasteiger partial charge is 0.398 e. The second-order valence-corrected chi connectivity index (χ2v) is 48.9. The number of imidazole rings is 2. The van der Waals surface area contributed by atoms with Crippen molar-refractivity contribution >= 4 is 225 Å². The van der Waals surface area contributed by atoms with Crippen molar-refractivity contribution in [3.8, 4) is 0 Å². The molecule has 67 heteroatoms. The predicted molar refractivity (Wildman–Crippen MR) is 480 cm³/mol. The number of rotatable bonds is 6. The summed E-state index contributed by atoms with van der Waals surface area (Å²) in [6.45, 7) is -27.0. The molecule has 0 aromatic carbocycles. The van der Waals surface area contributed by atoms with Gasteiger partial charge in [0.05, 0.1) is 70.6 Å². The molecule has 9 saturated heterocycles. The normalized spacial score (nSPS) is 36.6. The van der Waals surface area contributed by atoms with E-state index in [9.17, 15) is 43.4 Å². The van der Waals surface area contributed by atoms with Crippen LogP contribution < -0.4 is 51.1 Å². The Labute approximate surface area is 770 Å². The van der Waals surface area contributed by atoms with E-state index in [1.165, 1.54) is 55.1 Å². The fourth-order valence-electron chi connectivity index (χ4n) is 16.3. The van der Waals surface area contributed by atoms with Crippen LogP contribution in [0, 0.1) is 0 Å². The van der Waals surface area contributed by atoms with Gasteiger partial charge in [-0.2, -0.15) is 19.6 Å². The molecule has 0 spiro atoms. The van der Waals surface area contributed by atoms with Gasteiger partial charge in [-0.15, -0.1) is 16.9 Å². The lowest BCUT2D eigenvalue weighted by Crippen LogP contribution is -2.34. The Morgan fingerprint density at radius 2 is 0.871 bits per heavy atom. The van der Waals surface area contributed by atoms with Crippen LogP contribution >= 0.6 is 64.4 Å². The zero-order valence-electron chi connectivity index (χ0n) is 66.7. The Hall–Kier alpha value is -7.06. The Kier molecular flexibility index (Phi) is 25.9. The molecule has 21 rings (SSSR count). The summed E-state index contributed by atoms with van der Waals surface area (Å²) in [5, 5.41) is 8.71. The highest BCUT2D eigenvalue weighted by atomic mass is 32.7. The number of aromatic nitrogens is 19. The summed E-state index contributed by atoms with van der Waals surface area (Å²) in [6.07, 6.45) is -12.0. The molecule has 27 atom stereocenters. The topological polar surface area (TPSA) is 688 Å². The van der Waals surface area contributed by atoms with Gasteiger partial charge in [-0.1, -0.05) is 17.5 Å². The molecular formula is C65H74F3N25O26P6S7. The summed E-state index contributed by atoms with van der Waals surface area (Å²) in [6, 6.07) is 10.0. The molecule has 9 fully saturated rings. The van der Waals surface area contributed by atoms with Crippen molar-refractivity contribution in [2.45, 2.75) is 147 Å². The maximum atomic E-state index is 16.0. The van der Waals surface area contributed by atoms with Crippen molar-refractivity contribution in [2.24, 2.45) is 0 Å². The summed E-state index contributed by atoms with van der Waals surface area (Å²) < 4.78 is 168. The summed E-state index contributed by atoms with van der Waals surface area (Å²) >= 11 is 31.8. The molecule has 12 aromatic rings. The van der Waals surface area contributed by atoms with Crippen molar-refractivity contribution < 1.29 is 120 Å². The van der Waals surface area contributed by atoms with Gasteiger partial charge in [0.25, 0.3) is 16.7 Å². The average Bonchev–Trinajstić information content (AvgIpc) is 1.69. The third-order valence-corrected chi connectivity index (χ3v) is 33.2. The lowest BCUT2D eigenvalue weighted by Gasteiger charge is -2.27. The van der Waals surface area contributed by atoms with E-state index in [4.69, 9.17) is 171 Å². The number of thioether (sulfide) groups is 1. The van der Waals surface area contributed by atoms with E-state index < -0.39 is 204 Å². The Morgan fingerprint density at radius 1 is 0.424 bits per heavy atom. The number of hydrogen-bond donors (Lipinski definition) is 15. The number of fused-ring (bicyclic) bond motifs is 15. The minimum Gasteiger partial charge on any atom is -0.398 e. The monoisotopic (exact) mass is 2090 g/mol. The molecule has 0 radical (unpaired) electrons. The van der Waals surface area contributed by atoms with Crippen LogP contribution in [0.1, 0.15) is 55.8 Å². The first kappa shape index (κ1) is 93.9. The average molecular weight is 2090 g/mol. The number of alkyl halides is 3. The number of nitrogen functional groups attached to an aromatic ring is 6. The van der Waals surface area contributed by atoms with Crippen LogP contribution in [0.25, 0.3) is 66.6 Å². The summed E-state index contributed by atoms with van der Waals surface area (Å²) in [5.41, 5.74) is 36.1. The molecule has 132 heavy (non-hydrogen) atoms. The van der Waals surface area contributed by atoms with Crippen molar-refractivity contribution in [3.63, 3.8) is 0 Å². The van der Waals surface area contributed by atoms with E-state index in [2.05, 4.69) is 77.4 Å². The van der Waals surface area contributed by atoms with Crippen LogP contribution in [0.2, 0.25) is 0 Å². The number of anilines is 6. The first-order valence-corrected chi connectivity index (χ1v) is 55.7. The zero-order valence-corrected chi connectivity index (χ0v) is 77.9. The van der Waals surface area contributed by atoms with Crippen LogP contribution in [0.3, 0.4) is 0 Å². The quantitative estimate of drug-likeness (QED) is 0.0817. The number of H-pyrrole nitrogens is 3. The Bertz CT molecular complexity index is 7020. The van der Waals surface area contributed by atoms with E-state index in [0.29, 0.717) is 44.8 Å². The second-order valence-electron chi connectivity index (χ2n) is 30.7. The molecule has 708 valence electrons. The van der Waals surface area contributed by atoms with Gasteiger partial charge in [0.1, 0.15) is 77.4 Å². The predicted octanol–water partition coefficient (Wildman–Crippen LogP) is 4.26. The Morgan fingerprint density at radius 3 is 1.43 bits per heavy atom. The van der Waals surface area contributed by atoms with Crippen molar-refractivity contribution in [2.75, 3.05) is 74.0 Å². The van der Waals surface area contributed by atoms with Gasteiger partial charge in [-0.3, -0.25) is 56.6 Å². The third-order valence-electron chi connectivity index (χ3n) is 22.1. The number of nitrogens with two attached hydrogens (primary N) is 6. The van der Waals surface area contributed by atoms with Crippen molar-refractivity contribution in [1.82, 2.24) is 92.7 Å². The van der Waals surface area contributed by atoms with Crippen LogP contribution in [-0.2, 0) is 142 Å². The number of nitrogens with one attached hydrogen (secondary N) is 3. The van der Waals surface area contributed by atoms with Crippen molar-refractivity contribution in [3.05, 3.63) is 117 Å². The molecule has 12 aromatic heterocycles. The number of halogens is 3. The highest BCUT2D eigenvalue weighted by Crippen LogP contribution is 2.62. The van der Waals surface area contributed by atoms with Gasteiger partial charge >= 0.3 is 40.4 Å². The van der Waals surface area contributed by atoms with E-state index in [1.54, 1.807) is 58.1 Å². The standard InChI is InChI=1S/C22H24F2N8O9P2S2.C22H25FN8O8P2S3.C21H25N9O9P2S2/c23-12-10-5-36-42(34,44)40-15-11(39-20(13(15)24)31-4-2-8-9(25)1-3-27-17(8)31)6-37-43(35,45)41-16(12)21(38-10)32-7-28-14-18(32)29-22(26)30-19(14)33;23-14-16-13(37-20(14)30-4-2-10-11(24)1-3-26-17(10)30)7-36-40(33,42)38-12-5-9(6-35-41(34,43)39-16)44-21(12)31-8-27-15-18(31)28-22(25)29-19(15)32;22-11-1-3-24-17-10(11)2-4-29(17)15-6-12-14(37-15)8-35-41(33,43)39-13-5-9(7-34-40(32,42)38-12)36-20(13)30-18-16(27-28-30)19(31)26-21(23)25-18/h1-4,7,10-13,15-16,20-21H,5-6H2,(H2,25,27)(H,34,44)(H,35,45)(H3,26,29,30,33);1-4,8-9,12-14,16,20-21H,5-7H2,(H2,24,26)(H,33,42)(H,34,43)(H3,25,28,29,32);1-4,9,12-15,20H,5-8H2,(H2,22,24)(H,32,42)(H,33,43)(H3,23,25,26,31)/t10-,11-,12+,13+,15-,16-,20-,21-,42?,43?;9-,12+,13+,14-,16+,20+,21+,40?,41?;9-,12-,13+,14+,15+,20+,40?,41?/m100/s1. The second kappa shape index (κ2) is 36.4. The van der Waals surface area contributed by atoms with Crippen LogP contribution in [-0.4, -0.2) is 248 Å². The van der Waals surface area contributed by atoms with E-state index >= 15 is 13.2 Å².